The Hall–Kier alpha value is -1.63. The topological polar surface area (TPSA) is 95.9 Å². The Kier molecular flexibility index (Phi) is 6.44. The highest BCUT2D eigenvalue weighted by Crippen LogP contribution is 2.18. The smallest absolute Gasteiger partial charge is 0.311 e. The van der Waals surface area contributed by atoms with E-state index in [4.69, 9.17) is 9.84 Å². The number of nitrogens with zero attached hydrogens (tertiary/aromatic N) is 1. The molecule has 114 valence electrons. The molecule has 0 saturated carbocycles. The van der Waals surface area contributed by atoms with E-state index < -0.39 is 17.9 Å². The van der Waals surface area contributed by atoms with Crippen LogP contribution in [0.4, 0.5) is 0 Å². The molecule has 7 nitrogen and oxygen atoms in total. The number of aliphatic hydroxyl groups is 1. The summed E-state index contributed by atoms with van der Waals surface area (Å²) in [6.45, 7) is 4.24. The van der Waals surface area contributed by atoms with Crippen LogP contribution in [0.5, 0.6) is 0 Å². The van der Waals surface area contributed by atoms with Gasteiger partial charge in [-0.15, -0.1) is 0 Å². The lowest BCUT2D eigenvalue weighted by Crippen LogP contribution is -2.49. The first-order valence-electron chi connectivity index (χ1n) is 6.87. The van der Waals surface area contributed by atoms with Gasteiger partial charge in [0.15, 0.2) is 0 Å². The summed E-state index contributed by atoms with van der Waals surface area (Å²) < 4.78 is 4.94. The van der Waals surface area contributed by atoms with Crippen molar-refractivity contribution < 1.29 is 24.2 Å². The van der Waals surface area contributed by atoms with Crippen LogP contribution in [0.15, 0.2) is 0 Å². The van der Waals surface area contributed by atoms with Gasteiger partial charge < -0.3 is 20.1 Å². The van der Waals surface area contributed by atoms with Gasteiger partial charge in [0.1, 0.15) is 0 Å². The van der Waals surface area contributed by atoms with Crippen molar-refractivity contribution in [3.63, 3.8) is 0 Å². The number of nitrogens with one attached hydrogen (secondary N) is 1. The molecule has 2 unspecified atom stereocenters. The summed E-state index contributed by atoms with van der Waals surface area (Å²) in [6, 6.07) is 0. The van der Waals surface area contributed by atoms with Gasteiger partial charge in [-0.05, 0) is 26.7 Å². The van der Waals surface area contributed by atoms with Crippen molar-refractivity contribution in [2.24, 2.45) is 5.92 Å². The van der Waals surface area contributed by atoms with Gasteiger partial charge in [-0.3, -0.25) is 14.4 Å². The van der Waals surface area contributed by atoms with Crippen LogP contribution in [0, 0.1) is 5.92 Å². The van der Waals surface area contributed by atoms with E-state index in [1.54, 1.807) is 6.92 Å². The van der Waals surface area contributed by atoms with E-state index in [9.17, 15) is 14.4 Å². The molecule has 2 amide bonds. The van der Waals surface area contributed by atoms with Gasteiger partial charge in [0.2, 0.25) is 0 Å². The first kappa shape index (κ1) is 16.4. The van der Waals surface area contributed by atoms with Crippen LogP contribution in [-0.4, -0.2) is 60.1 Å². The molecule has 0 bridgehead atoms. The van der Waals surface area contributed by atoms with Gasteiger partial charge in [0, 0.05) is 19.6 Å². The zero-order chi connectivity index (χ0) is 15.1. The second-order valence-corrected chi connectivity index (χ2v) is 4.90. The molecule has 1 aliphatic rings. The summed E-state index contributed by atoms with van der Waals surface area (Å²) in [6.07, 6.45) is 0.622. The van der Waals surface area contributed by atoms with Crippen LogP contribution >= 0.6 is 0 Å². The highest BCUT2D eigenvalue weighted by atomic mass is 16.5. The van der Waals surface area contributed by atoms with Gasteiger partial charge in [0.05, 0.1) is 18.6 Å². The van der Waals surface area contributed by atoms with Crippen molar-refractivity contribution in [2.75, 3.05) is 26.2 Å². The Morgan fingerprint density at radius 1 is 1.45 bits per heavy atom. The molecule has 20 heavy (non-hydrogen) atoms. The summed E-state index contributed by atoms with van der Waals surface area (Å²) >= 11 is 0. The van der Waals surface area contributed by atoms with Gasteiger partial charge in [-0.25, -0.2) is 0 Å². The van der Waals surface area contributed by atoms with Crippen molar-refractivity contribution in [3.8, 4) is 0 Å². The molecule has 0 aliphatic carbocycles. The molecule has 1 fully saturated rings. The maximum Gasteiger partial charge on any atom is 0.311 e. The third-order valence-corrected chi connectivity index (χ3v) is 3.08. The standard InChI is InChI=1S/C13H22N2O5/c1-3-20-13(19)10-5-4-6-15(8-10)12(18)11(17)14-7-9(2)16/h9-10,16H,3-8H2,1-2H3,(H,14,17). The first-order chi connectivity index (χ1) is 9.45. The number of carbonyl (C=O) groups is 3. The second-order valence-electron chi connectivity index (χ2n) is 4.90. The lowest BCUT2D eigenvalue weighted by atomic mass is 9.98. The van der Waals surface area contributed by atoms with Gasteiger partial charge in [0.25, 0.3) is 0 Å². The van der Waals surface area contributed by atoms with E-state index >= 15 is 0 Å². The molecular formula is C13H22N2O5. The van der Waals surface area contributed by atoms with Crippen molar-refractivity contribution in [1.82, 2.24) is 10.2 Å². The molecule has 1 aliphatic heterocycles. The van der Waals surface area contributed by atoms with E-state index in [1.807, 2.05) is 0 Å². The number of piperidine rings is 1. The number of aliphatic hydroxyl groups excluding tert-OH is 1. The predicted molar refractivity (Wildman–Crippen MR) is 70.6 cm³/mol. The molecule has 0 radical (unpaired) electrons. The van der Waals surface area contributed by atoms with Crippen molar-refractivity contribution >= 4 is 17.8 Å². The Morgan fingerprint density at radius 2 is 2.15 bits per heavy atom. The SMILES string of the molecule is CCOC(=O)C1CCCN(C(=O)C(=O)NCC(C)O)C1. The van der Waals surface area contributed by atoms with E-state index in [0.717, 1.165) is 0 Å². The summed E-state index contributed by atoms with van der Waals surface area (Å²) in [4.78, 5) is 36.6. The number of likely N-dealkylation sites (tertiary alicyclic amines) is 1. The minimum Gasteiger partial charge on any atom is -0.466 e. The average molecular weight is 286 g/mol. The number of esters is 1. The van der Waals surface area contributed by atoms with Crippen molar-refractivity contribution in [1.29, 1.82) is 0 Å². The lowest BCUT2D eigenvalue weighted by Gasteiger charge is -2.31. The van der Waals surface area contributed by atoms with Crippen LogP contribution in [0.2, 0.25) is 0 Å². The molecule has 2 atom stereocenters. The summed E-state index contributed by atoms with van der Waals surface area (Å²) in [5, 5.41) is 11.4. The van der Waals surface area contributed by atoms with Crippen molar-refractivity contribution in [2.45, 2.75) is 32.8 Å². The Morgan fingerprint density at radius 3 is 2.75 bits per heavy atom. The fraction of sp³-hybridized carbons (Fsp3) is 0.769. The molecule has 0 spiro atoms. The predicted octanol–water partition coefficient (Wildman–Crippen LogP) is -0.715. The number of hydrogen-bond donors (Lipinski definition) is 2. The Bertz CT molecular complexity index is 370. The largest absolute Gasteiger partial charge is 0.466 e. The summed E-state index contributed by atoms with van der Waals surface area (Å²) in [5.74, 6) is -2.11. The van der Waals surface area contributed by atoms with Crippen LogP contribution in [-0.2, 0) is 19.1 Å². The number of hydrogen-bond acceptors (Lipinski definition) is 5. The molecule has 1 rings (SSSR count). The summed E-state index contributed by atoms with van der Waals surface area (Å²) in [5.41, 5.74) is 0. The van der Waals surface area contributed by atoms with Crippen LogP contribution < -0.4 is 5.32 Å². The number of amides is 2. The fourth-order valence-electron chi connectivity index (χ4n) is 2.07. The Balaban J connectivity index is 2.51. The van der Waals surface area contributed by atoms with E-state index in [2.05, 4.69) is 5.32 Å². The first-order valence-corrected chi connectivity index (χ1v) is 6.87. The number of carbonyl (C=O) groups excluding carboxylic acids is 3. The van der Waals surface area contributed by atoms with Gasteiger partial charge in [-0.2, -0.15) is 0 Å². The molecule has 1 saturated heterocycles. The minimum absolute atomic E-state index is 0.0275. The lowest BCUT2D eigenvalue weighted by molar-refractivity contribution is -0.154. The van der Waals surface area contributed by atoms with Gasteiger partial charge in [-0.1, -0.05) is 0 Å². The van der Waals surface area contributed by atoms with Crippen molar-refractivity contribution in [3.05, 3.63) is 0 Å². The Labute approximate surface area is 118 Å². The zero-order valence-electron chi connectivity index (χ0n) is 11.9. The molecular weight excluding hydrogens is 264 g/mol. The normalized spacial score (nSPS) is 20.1. The molecule has 0 aromatic carbocycles. The highest BCUT2D eigenvalue weighted by molar-refractivity contribution is 6.35. The number of ether oxygens (including phenoxy) is 1. The summed E-state index contributed by atoms with van der Waals surface area (Å²) in [7, 11) is 0. The second kappa shape index (κ2) is 7.84. The third-order valence-electron chi connectivity index (χ3n) is 3.08. The molecule has 2 N–H and O–H groups in total. The van der Waals surface area contributed by atoms with Gasteiger partial charge >= 0.3 is 17.8 Å². The molecule has 0 aromatic rings. The highest BCUT2D eigenvalue weighted by Gasteiger charge is 2.31. The minimum atomic E-state index is -0.754. The quantitative estimate of drug-likeness (QED) is 0.525. The van der Waals surface area contributed by atoms with E-state index in [-0.39, 0.29) is 25.0 Å². The van der Waals surface area contributed by atoms with Crippen LogP contribution in [0.25, 0.3) is 0 Å². The molecule has 0 aromatic heterocycles. The maximum atomic E-state index is 11.9. The molecule has 1 heterocycles. The van der Waals surface area contributed by atoms with Crippen LogP contribution in [0.3, 0.4) is 0 Å². The fourth-order valence-corrected chi connectivity index (χ4v) is 2.07. The third kappa shape index (κ3) is 4.80. The monoisotopic (exact) mass is 286 g/mol. The zero-order valence-corrected chi connectivity index (χ0v) is 11.9. The maximum absolute atomic E-state index is 11.9. The van der Waals surface area contributed by atoms with E-state index in [1.165, 1.54) is 11.8 Å². The average Bonchev–Trinajstić information content (AvgIpc) is 2.44. The van der Waals surface area contributed by atoms with Crippen LogP contribution in [0.1, 0.15) is 26.7 Å². The number of rotatable bonds is 4. The molecule has 7 heteroatoms. The van der Waals surface area contributed by atoms with E-state index in [0.29, 0.717) is 26.0 Å².